The summed E-state index contributed by atoms with van der Waals surface area (Å²) in [4.78, 5) is 13.3. The smallest absolute Gasteiger partial charge is 0.231 e. The molecular weight excluding hydrogens is 198 g/mol. The maximum atomic E-state index is 11.6. The van der Waals surface area contributed by atoms with Crippen LogP contribution in [0.5, 0.6) is 0 Å². The van der Waals surface area contributed by atoms with Crippen LogP contribution in [0.1, 0.15) is 43.7 Å². The molecule has 0 unspecified atom stereocenters. The highest BCUT2D eigenvalue weighted by Gasteiger charge is 2.24. The van der Waals surface area contributed by atoms with E-state index in [-0.39, 0.29) is 5.91 Å². The SMILES string of the molecule is CCC(CC)c1ccc2c(c1)CC(=O)N2C. The number of hydrogen-bond acceptors (Lipinski definition) is 1. The van der Waals surface area contributed by atoms with E-state index in [0.717, 1.165) is 5.69 Å². The fourth-order valence-corrected chi connectivity index (χ4v) is 2.50. The van der Waals surface area contributed by atoms with Crippen molar-refractivity contribution in [2.75, 3.05) is 11.9 Å². The van der Waals surface area contributed by atoms with Gasteiger partial charge in [0.15, 0.2) is 0 Å². The van der Waals surface area contributed by atoms with Crippen LogP contribution in [0, 0.1) is 0 Å². The number of hydrogen-bond donors (Lipinski definition) is 0. The van der Waals surface area contributed by atoms with Gasteiger partial charge in [-0.15, -0.1) is 0 Å². The Kier molecular flexibility index (Phi) is 2.99. The Hall–Kier alpha value is -1.31. The first kappa shape index (κ1) is 11.2. The molecule has 0 atom stereocenters. The third kappa shape index (κ3) is 1.73. The molecule has 16 heavy (non-hydrogen) atoms. The van der Waals surface area contributed by atoms with Crippen LogP contribution in [0.4, 0.5) is 5.69 Å². The molecule has 86 valence electrons. The highest BCUT2D eigenvalue weighted by atomic mass is 16.2. The van der Waals surface area contributed by atoms with Gasteiger partial charge in [0.1, 0.15) is 0 Å². The van der Waals surface area contributed by atoms with E-state index in [4.69, 9.17) is 0 Å². The first-order valence-corrected chi connectivity index (χ1v) is 6.06. The third-order valence-corrected chi connectivity index (χ3v) is 3.64. The van der Waals surface area contributed by atoms with Gasteiger partial charge in [0.05, 0.1) is 6.42 Å². The van der Waals surface area contributed by atoms with Crippen molar-refractivity contribution in [1.29, 1.82) is 0 Å². The molecule has 0 N–H and O–H groups in total. The lowest BCUT2D eigenvalue weighted by Crippen LogP contribution is -2.20. The zero-order valence-electron chi connectivity index (χ0n) is 10.3. The zero-order chi connectivity index (χ0) is 11.7. The first-order chi connectivity index (χ1) is 7.67. The Labute approximate surface area is 97.3 Å². The molecule has 2 heteroatoms. The fraction of sp³-hybridized carbons (Fsp3) is 0.500. The molecule has 0 spiro atoms. The molecule has 0 saturated heterocycles. The molecule has 1 amide bonds. The fourth-order valence-electron chi connectivity index (χ4n) is 2.50. The second-order valence-corrected chi connectivity index (χ2v) is 4.53. The van der Waals surface area contributed by atoms with Crippen LogP contribution < -0.4 is 4.90 Å². The number of rotatable bonds is 3. The van der Waals surface area contributed by atoms with E-state index >= 15 is 0 Å². The van der Waals surface area contributed by atoms with Crippen molar-refractivity contribution in [3.63, 3.8) is 0 Å². The van der Waals surface area contributed by atoms with Crippen LogP contribution >= 0.6 is 0 Å². The molecule has 2 rings (SSSR count). The number of carbonyl (C=O) groups excluding carboxylic acids is 1. The molecule has 2 nitrogen and oxygen atoms in total. The monoisotopic (exact) mass is 217 g/mol. The maximum absolute atomic E-state index is 11.6. The van der Waals surface area contributed by atoms with Crippen molar-refractivity contribution >= 4 is 11.6 Å². The molecule has 0 saturated carbocycles. The zero-order valence-corrected chi connectivity index (χ0v) is 10.3. The number of fused-ring (bicyclic) bond motifs is 1. The van der Waals surface area contributed by atoms with Gasteiger partial charge in [0, 0.05) is 12.7 Å². The minimum Gasteiger partial charge on any atom is -0.315 e. The van der Waals surface area contributed by atoms with E-state index in [9.17, 15) is 4.79 Å². The second-order valence-electron chi connectivity index (χ2n) is 4.53. The third-order valence-electron chi connectivity index (χ3n) is 3.64. The van der Waals surface area contributed by atoms with Gasteiger partial charge >= 0.3 is 0 Å². The normalized spacial score (nSPS) is 14.8. The van der Waals surface area contributed by atoms with Crippen LogP contribution in [0.2, 0.25) is 0 Å². The predicted octanol–water partition coefficient (Wildman–Crippen LogP) is 3.11. The van der Waals surface area contributed by atoms with Gasteiger partial charge in [0.25, 0.3) is 0 Å². The highest BCUT2D eigenvalue weighted by Crippen LogP contribution is 2.32. The Morgan fingerprint density at radius 1 is 1.31 bits per heavy atom. The number of amides is 1. The minimum atomic E-state index is 0.205. The minimum absolute atomic E-state index is 0.205. The molecule has 0 radical (unpaired) electrons. The van der Waals surface area contributed by atoms with E-state index in [1.54, 1.807) is 4.90 Å². The summed E-state index contributed by atoms with van der Waals surface area (Å²) in [7, 11) is 1.85. The predicted molar refractivity (Wildman–Crippen MR) is 66.9 cm³/mol. The molecular formula is C14H19NO. The Bertz CT molecular complexity index is 407. The number of benzene rings is 1. The summed E-state index contributed by atoms with van der Waals surface area (Å²) in [6, 6.07) is 6.48. The molecule has 1 aliphatic rings. The molecule has 1 aliphatic heterocycles. The average Bonchev–Trinajstić information content (AvgIpc) is 2.56. The quantitative estimate of drug-likeness (QED) is 0.761. The van der Waals surface area contributed by atoms with Crippen molar-refractivity contribution in [3.05, 3.63) is 29.3 Å². The Morgan fingerprint density at radius 2 is 2.00 bits per heavy atom. The number of likely N-dealkylation sites (N-methyl/N-ethyl adjacent to an activating group) is 1. The number of anilines is 1. The molecule has 1 aromatic carbocycles. The van der Waals surface area contributed by atoms with Crippen LogP contribution in [0.25, 0.3) is 0 Å². The van der Waals surface area contributed by atoms with Gasteiger partial charge in [-0.2, -0.15) is 0 Å². The molecule has 1 aromatic rings. The first-order valence-electron chi connectivity index (χ1n) is 6.06. The second kappa shape index (κ2) is 4.28. The summed E-state index contributed by atoms with van der Waals surface area (Å²) < 4.78 is 0. The molecule has 0 aliphatic carbocycles. The summed E-state index contributed by atoms with van der Waals surface area (Å²) in [5, 5.41) is 0. The highest BCUT2D eigenvalue weighted by molar-refractivity contribution is 6.00. The van der Waals surface area contributed by atoms with Crippen molar-refractivity contribution in [1.82, 2.24) is 0 Å². The van der Waals surface area contributed by atoms with Gasteiger partial charge < -0.3 is 4.90 Å². The summed E-state index contributed by atoms with van der Waals surface area (Å²) in [6.07, 6.45) is 2.90. The molecule has 0 aromatic heterocycles. The summed E-state index contributed by atoms with van der Waals surface area (Å²) in [5.41, 5.74) is 3.66. The molecule has 0 fully saturated rings. The Balaban J connectivity index is 2.35. The largest absolute Gasteiger partial charge is 0.315 e. The van der Waals surface area contributed by atoms with Crippen LogP contribution in [0.3, 0.4) is 0 Å². The summed E-state index contributed by atoms with van der Waals surface area (Å²) in [6.45, 7) is 4.44. The standard InChI is InChI=1S/C14H19NO/c1-4-10(5-2)11-6-7-13-12(8-11)9-14(16)15(13)3/h6-8,10H,4-5,9H2,1-3H3. The topological polar surface area (TPSA) is 20.3 Å². The van der Waals surface area contributed by atoms with E-state index in [1.165, 1.54) is 24.0 Å². The van der Waals surface area contributed by atoms with E-state index in [2.05, 4.69) is 32.0 Å². The maximum Gasteiger partial charge on any atom is 0.231 e. The van der Waals surface area contributed by atoms with E-state index < -0.39 is 0 Å². The van der Waals surface area contributed by atoms with Crippen molar-refractivity contribution in [2.24, 2.45) is 0 Å². The average molecular weight is 217 g/mol. The van der Waals surface area contributed by atoms with E-state index in [0.29, 0.717) is 12.3 Å². The van der Waals surface area contributed by atoms with Crippen molar-refractivity contribution < 1.29 is 4.79 Å². The lowest BCUT2D eigenvalue weighted by Gasteiger charge is -2.15. The van der Waals surface area contributed by atoms with E-state index in [1.807, 2.05) is 7.05 Å². The van der Waals surface area contributed by atoms with Crippen molar-refractivity contribution in [2.45, 2.75) is 39.0 Å². The summed E-state index contributed by atoms with van der Waals surface area (Å²) in [5.74, 6) is 0.836. The van der Waals surface area contributed by atoms with Crippen LogP contribution in [0.15, 0.2) is 18.2 Å². The van der Waals surface area contributed by atoms with Crippen LogP contribution in [-0.4, -0.2) is 13.0 Å². The summed E-state index contributed by atoms with van der Waals surface area (Å²) >= 11 is 0. The lowest BCUT2D eigenvalue weighted by atomic mass is 9.92. The number of carbonyl (C=O) groups is 1. The van der Waals surface area contributed by atoms with Gasteiger partial charge in [-0.25, -0.2) is 0 Å². The van der Waals surface area contributed by atoms with Crippen LogP contribution in [-0.2, 0) is 11.2 Å². The Morgan fingerprint density at radius 3 is 2.62 bits per heavy atom. The van der Waals surface area contributed by atoms with Gasteiger partial charge in [-0.05, 0) is 36.0 Å². The van der Waals surface area contributed by atoms with Gasteiger partial charge in [0.2, 0.25) is 5.91 Å². The van der Waals surface area contributed by atoms with Gasteiger partial charge in [-0.1, -0.05) is 26.0 Å². The van der Waals surface area contributed by atoms with Gasteiger partial charge in [-0.3, -0.25) is 4.79 Å². The molecule has 1 heterocycles. The number of nitrogens with zero attached hydrogens (tertiary/aromatic N) is 1. The molecule has 0 bridgehead atoms. The van der Waals surface area contributed by atoms with Crippen molar-refractivity contribution in [3.8, 4) is 0 Å². The lowest BCUT2D eigenvalue weighted by molar-refractivity contribution is -0.117.